The monoisotopic (exact) mass is 415 g/mol. The number of hydrogen-bond acceptors (Lipinski definition) is 4. The van der Waals surface area contributed by atoms with Crippen LogP contribution in [-0.4, -0.2) is 74.8 Å². The van der Waals surface area contributed by atoms with E-state index in [4.69, 9.17) is 4.74 Å². The Bertz CT molecular complexity index is 634. The molecule has 0 bridgehead atoms. The predicted molar refractivity (Wildman–Crippen MR) is 125 cm³/mol. The quantitative estimate of drug-likeness (QED) is 0.480. The van der Waals surface area contributed by atoms with Gasteiger partial charge in [0.1, 0.15) is 0 Å². The Morgan fingerprint density at radius 2 is 1.67 bits per heavy atom. The molecule has 2 heterocycles. The smallest absolute Gasteiger partial charge is 0.191 e. The van der Waals surface area contributed by atoms with Crippen LogP contribution in [0.4, 0.5) is 0 Å². The molecule has 0 amide bonds. The first-order valence-corrected chi connectivity index (χ1v) is 11.7. The lowest BCUT2D eigenvalue weighted by Gasteiger charge is -2.35. The van der Waals surface area contributed by atoms with Crippen LogP contribution in [0.15, 0.2) is 29.3 Å². The van der Waals surface area contributed by atoms with Crippen molar-refractivity contribution in [3.05, 3.63) is 35.4 Å². The molecule has 2 N–H and O–H groups in total. The van der Waals surface area contributed by atoms with Crippen LogP contribution in [0.3, 0.4) is 0 Å². The van der Waals surface area contributed by atoms with Crippen LogP contribution in [0.1, 0.15) is 44.2 Å². The first-order chi connectivity index (χ1) is 14.6. The van der Waals surface area contributed by atoms with Gasteiger partial charge in [-0.15, -0.1) is 0 Å². The lowest BCUT2D eigenvalue weighted by atomic mass is 10.0. The van der Waals surface area contributed by atoms with Gasteiger partial charge < -0.3 is 15.4 Å². The maximum atomic E-state index is 5.53. The second-order valence-electron chi connectivity index (χ2n) is 9.04. The van der Waals surface area contributed by atoms with Gasteiger partial charge in [0.15, 0.2) is 5.96 Å². The van der Waals surface area contributed by atoms with Gasteiger partial charge in [-0.25, -0.2) is 0 Å². The molecule has 2 saturated heterocycles. The van der Waals surface area contributed by atoms with Crippen LogP contribution in [0, 0.1) is 5.92 Å². The summed E-state index contributed by atoms with van der Waals surface area (Å²) < 4.78 is 5.53. The van der Waals surface area contributed by atoms with Crippen molar-refractivity contribution in [1.82, 2.24) is 20.4 Å². The summed E-state index contributed by atoms with van der Waals surface area (Å²) in [5, 5.41) is 7.03. The molecule has 3 rings (SSSR count). The van der Waals surface area contributed by atoms with E-state index in [1.54, 1.807) is 0 Å². The number of ether oxygens (including phenoxy) is 1. The van der Waals surface area contributed by atoms with Crippen molar-refractivity contribution in [3.8, 4) is 0 Å². The van der Waals surface area contributed by atoms with E-state index in [-0.39, 0.29) is 0 Å². The highest BCUT2D eigenvalue weighted by Gasteiger charge is 2.22. The molecule has 1 atom stereocenters. The maximum Gasteiger partial charge on any atom is 0.191 e. The minimum atomic E-state index is 0.511. The fourth-order valence-electron chi connectivity index (χ4n) is 4.43. The highest BCUT2D eigenvalue weighted by molar-refractivity contribution is 5.79. The SMILES string of the molecule is CN=C(NCc1ccc(CN2CCCC2)cc1)NCC(CC(C)C)N1CCOCC1. The van der Waals surface area contributed by atoms with Gasteiger partial charge in [0.2, 0.25) is 0 Å². The van der Waals surface area contributed by atoms with E-state index >= 15 is 0 Å². The van der Waals surface area contributed by atoms with Gasteiger partial charge in [-0.3, -0.25) is 14.8 Å². The van der Waals surface area contributed by atoms with E-state index in [0.717, 1.165) is 51.9 Å². The first-order valence-electron chi connectivity index (χ1n) is 11.7. The summed E-state index contributed by atoms with van der Waals surface area (Å²) in [5.74, 6) is 1.55. The molecule has 6 nitrogen and oxygen atoms in total. The largest absolute Gasteiger partial charge is 0.379 e. The molecule has 0 spiro atoms. The number of likely N-dealkylation sites (tertiary alicyclic amines) is 1. The average molecular weight is 416 g/mol. The molecule has 30 heavy (non-hydrogen) atoms. The Morgan fingerprint density at radius 3 is 2.30 bits per heavy atom. The average Bonchev–Trinajstić information content (AvgIpc) is 3.27. The van der Waals surface area contributed by atoms with E-state index in [9.17, 15) is 0 Å². The molecule has 2 aliphatic heterocycles. The fourth-order valence-corrected chi connectivity index (χ4v) is 4.43. The number of benzene rings is 1. The van der Waals surface area contributed by atoms with E-state index in [1.807, 2.05) is 7.05 Å². The summed E-state index contributed by atoms with van der Waals surface area (Å²) in [6, 6.07) is 9.52. The van der Waals surface area contributed by atoms with Crippen LogP contribution in [0.25, 0.3) is 0 Å². The van der Waals surface area contributed by atoms with Crippen molar-refractivity contribution in [2.75, 3.05) is 53.0 Å². The summed E-state index contributed by atoms with van der Waals surface area (Å²) in [5.41, 5.74) is 2.69. The van der Waals surface area contributed by atoms with Crippen LogP contribution < -0.4 is 10.6 Å². The molecule has 6 heteroatoms. The van der Waals surface area contributed by atoms with Gasteiger partial charge in [0, 0.05) is 45.8 Å². The Balaban J connectivity index is 1.44. The number of aliphatic imine (C=N–C) groups is 1. The second kappa shape index (κ2) is 12.3. The van der Waals surface area contributed by atoms with Crippen molar-refractivity contribution in [3.63, 3.8) is 0 Å². The molecule has 168 valence electrons. The number of rotatable bonds is 9. The van der Waals surface area contributed by atoms with E-state index in [1.165, 1.54) is 43.5 Å². The van der Waals surface area contributed by atoms with Gasteiger partial charge in [-0.2, -0.15) is 0 Å². The van der Waals surface area contributed by atoms with Crippen molar-refractivity contribution >= 4 is 5.96 Å². The summed E-state index contributed by atoms with van der Waals surface area (Å²) in [7, 11) is 1.85. The maximum absolute atomic E-state index is 5.53. The molecule has 0 aromatic heterocycles. The molecule has 0 saturated carbocycles. The standard InChI is InChI=1S/C24H41N5O/c1-20(2)16-23(29-12-14-30-15-13-29)18-27-24(25-3)26-17-21-6-8-22(9-7-21)19-28-10-4-5-11-28/h6-9,20,23H,4-5,10-19H2,1-3H3,(H2,25,26,27). The van der Waals surface area contributed by atoms with Gasteiger partial charge in [-0.1, -0.05) is 38.1 Å². The third-order valence-electron chi connectivity index (χ3n) is 6.12. The number of morpholine rings is 1. The van der Waals surface area contributed by atoms with Gasteiger partial charge in [0.25, 0.3) is 0 Å². The molecule has 1 unspecified atom stereocenters. The molecular weight excluding hydrogens is 374 g/mol. The van der Waals surface area contributed by atoms with Crippen molar-refractivity contribution < 1.29 is 4.74 Å². The van der Waals surface area contributed by atoms with Crippen LogP contribution >= 0.6 is 0 Å². The predicted octanol–water partition coefficient (Wildman–Crippen LogP) is 2.69. The lowest BCUT2D eigenvalue weighted by molar-refractivity contribution is 0.0132. The summed E-state index contributed by atoms with van der Waals surface area (Å²) in [6.07, 6.45) is 3.87. The molecule has 2 fully saturated rings. The minimum absolute atomic E-state index is 0.511. The van der Waals surface area contributed by atoms with Gasteiger partial charge in [-0.05, 0) is 49.4 Å². The first kappa shape index (κ1) is 23.0. The molecule has 2 aliphatic rings. The van der Waals surface area contributed by atoms with Crippen LogP contribution in [0.2, 0.25) is 0 Å². The number of nitrogens with zero attached hydrogens (tertiary/aromatic N) is 3. The van der Waals surface area contributed by atoms with Crippen LogP contribution in [0.5, 0.6) is 0 Å². The number of nitrogens with one attached hydrogen (secondary N) is 2. The third kappa shape index (κ3) is 7.56. The van der Waals surface area contributed by atoms with Gasteiger partial charge >= 0.3 is 0 Å². The highest BCUT2D eigenvalue weighted by atomic mass is 16.5. The lowest BCUT2D eigenvalue weighted by Crippen LogP contribution is -2.50. The third-order valence-corrected chi connectivity index (χ3v) is 6.12. The van der Waals surface area contributed by atoms with E-state index in [0.29, 0.717) is 12.0 Å². The van der Waals surface area contributed by atoms with E-state index < -0.39 is 0 Å². The van der Waals surface area contributed by atoms with Gasteiger partial charge in [0.05, 0.1) is 13.2 Å². The summed E-state index contributed by atoms with van der Waals surface area (Å²) >= 11 is 0. The normalized spacial score (nSPS) is 19.9. The zero-order valence-corrected chi connectivity index (χ0v) is 19.2. The summed E-state index contributed by atoms with van der Waals surface area (Å²) in [4.78, 5) is 9.53. The Morgan fingerprint density at radius 1 is 1.00 bits per heavy atom. The minimum Gasteiger partial charge on any atom is -0.379 e. The molecular formula is C24H41N5O. The van der Waals surface area contributed by atoms with Crippen molar-refractivity contribution in [1.29, 1.82) is 0 Å². The van der Waals surface area contributed by atoms with Crippen LogP contribution in [-0.2, 0) is 17.8 Å². The fraction of sp³-hybridized carbons (Fsp3) is 0.708. The highest BCUT2D eigenvalue weighted by Crippen LogP contribution is 2.14. The number of hydrogen-bond donors (Lipinski definition) is 2. The summed E-state index contributed by atoms with van der Waals surface area (Å²) in [6.45, 7) is 13.6. The Kier molecular flexibility index (Phi) is 9.43. The second-order valence-corrected chi connectivity index (χ2v) is 9.04. The molecule has 0 aliphatic carbocycles. The van der Waals surface area contributed by atoms with Crippen molar-refractivity contribution in [2.24, 2.45) is 10.9 Å². The Labute approximate surface area is 183 Å². The Hall–Kier alpha value is -1.63. The zero-order valence-electron chi connectivity index (χ0n) is 19.2. The zero-order chi connectivity index (χ0) is 21.2. The number of guanidine groups is 1. The molecule has 1 aromatic carbocycles. The van der Waals surface area contributed by atoms with Crippen molar-refractivity contribution in [2.45, 2.75) is 52.2 Å². The molecule has 1 aromatic rings. The molecule has 0 radical (unpaired) electrons. The van der Waals surface area contributed by atoms with E-state index in [2.05, 4.69) is 63.5 Å². The topological polar surface area (TPSA) is 52.1 Å².